The number of hydrogen-bond donors (Lipinski definition) is 0. The van der Waals surface area contributed by atoms with Crippen LogP contribution >= 0.6 is 0 Å². The van der Waals surface area contributed by atoms with Gasteiger partial charge in [0.25, 0.3) is 0 Å². The Labute approximate surface area is 148 Å². The third-order valence-electron chi connectivity index (χ3n) is 5.87. The van der Waals surface area contributed by atoms with Gasteiger partial charge in [0.1, 0.15) is 6.54 Å². The first-order valence-electron chi connectivity index (χ1n) is 9.49. The van der Waals surface area contributed by atoms with Crippen molar-refractivity contribution in [1.82, 2.24) is 24.5 Å². The van der Waals surface area contributed by atoms with Gasteiger partial charge >= 0.3 is 0 Å². The molecule has 136 valence electrons. The standard InChI is InChI=1S/C18H27N5O2/c24-17(14-23-9-2-6-19-23)22-12-15(13-22)18(25)21-8-3-7-20(10-11-21)16-4-1-5-16/h2,6,9,15-16H,1,3-5,7-8,10-14H2. The lowest BCUT2D eigenvalue weighted by Crippen LogP contribution is -2.57. The molecule has 1 aromatic heterocycles. The lowest BCUT2D eigenvalue weighted by Gasteiger charge is -2.40. The van der Waals surface area contributed by atoms with E-state index in [9.17, 15) is 9.59 Å². The number of aromatic nitrogens is 2. The van der Waals surface area contributed by atoms with Crippen molar-refractivity contribution in [3.63, 3.8) is 0 Å². The molecule has 7 heteroatoms. The second kappa shape index (κ2) is 7.15. The monoisotopic (exact) mass is 345 g/mol. The summed E-state index contributed by atoms with van der Waals surface area (Å²) in [5.74, 6) is 0.259. The number of amides is 2. The smallest absolute Gasteiger partial charge is 0.244 e. The summed E-state index contributed by atoms with van der Waals surface area (Å²) in [6.07, 6.45) is 8.52. The van der Waals surface area contributed by atoms with E-state index in [1.54, 1.807) is 22.0 Å². The summed E-state index contributed by atoms with van der Waals surface area (Å²) in [4.78, 5) is 31.3. The van der Waals surface area contributed by atoms with Crippen molar-refractivity contribution in [3.05, 3.63) is 18.5 Å². The van der Waals surface area contributed by atoms with E-state index in [1.807, 2.05) is 11.0 Å². The van der Waals surface area contributed by atoms with Crippen LogP contribution in [0.5, 0.6) is 0 Å². The molecule has 1 aromatic rings. The normalized spacial score (nSPS) is 23.0. The summed E-state index contributed by atoms with van der Waals surface area (Å²) < 4.78 is 1.63. The van der Waals surface area contributed by atoms with Gasteiger partial charge in [0, 0.05) is 57.7 Å². The van der Waals surface area contributed by atoms with Crippen LogP contribution in [0.1, 0.15) is 25.7 Å². The zero-order valence-electron chi connectivity index (χ0n) is 14.7. The summed E-state index contributed by atoms with van der Waals surface area (Å²) in [6, 6.07) is 2.57. The van der Waals surface area contributed by atoms with Crippen LogP contribution in [0, 0.1) is 5.92 Å². The molecule has 1 aliphatic carbocycles. The molecule has 3 aliphatic rings. The van der Waals surface area contributed by atoms with Crippen LogP contribution < -0.4 is 0 Å². The van der Waals surface area contributed by atoms with Gasteiger partial charge in [-0.3, -0.25) is 19.2 Å². The zero-order chi connectivity index (χ0) is 17.2. The topological polar surface area (TPSA) is 61.7 Å². The molecule has 1 saturated carbocycles. The fraction of sp³-hybridized carbons (Fsp3) is 0.722. The predicted octanol–water partition coefficient (Wildman–Crippen LogP) is 0.428. The second-order valence-electron chi connectivity index (χ2n) is 7.50. The number of hydrogen-bond acceptors (Lipinski definition) is 4. The van der Waals surface area contributed by atoms with E-state index in [0.29, 0.717) is 13.1 Å². The maximum atomic E-state index is 12.7. The molecule has 0 bridgehead atoms. The molecule has 0 unspecified atom stereocenters. The third kappa shape index (κ3) is 3.56. The van der Waals surface area contributed by atoms with Crippen molar-refractivity contribution in [1.29, 1.82) is 0 Å². The predicted molar refractivity (Wildman–Crippen MR) is 92.7 cm³/mol. The Balaban J connectivity index is 1.23. The molecule has 0 radical (unpaired) electrons. The number of likely N-dealkylation sites (tertiary alicyclic amines) is 1. The van der Waals surface area contributed by atoms with Gasteiger partial charge in [0.2, 0.25) is 11.8 Å². The molecule has 4 rings (SSSR count). The van der Waals surface area contributed by atoms with Crippen LogP contribution in [0.2, 0.25) is 0 Å². The lowest BCUT2D eigenvalue weighted by molar-refractivity contribution is -0.148. The fourth-order valence-corrected chi connectivity index (χ4v) is 4.00. The average molecular weight is 345 g/mol. The van der Waals surface area contributed by atoms with E-state index in [4.69, 9.17) is 0 Å². The van der Waals surface area contributed by atoms with Gasteiger partial charge in [-0.05, 0) is 25.3 Å². The van der Waals surface area contributed by atoms with Gasteiger partial charge in [-0.1, -0.05) is 6.42 Å². The van der Waals surface area contributed by atoms with E-state index < -0.39 is 0 Å². The lowest BCUT2D eigenvalue weighted by atomic mass is 9.91. The van der Waals surface area contributed by atoms with Crippen LogP contribution in [-0.4, -0.2) is 81.6 Å². The maximum Gasteiger partial charge on any atom is 0.244 e. The molecule has 7 nitrogen and oxygen atoms in total. The van der Waals surface area contributed by atoms with Crippen molar-refractivity contribution in [2.75, 3.05) is 39.3 Å². The van der Waals surface area contributed by atoms with Crippen LogP contribution in [0.25, 0.3) is 0 Å². The average Bonchev–Trinajstić information content (AvgIpc) is 2.88. The molecule has 2 aliphatic heterocycles. The van der Waals surface area contributed by atoms with Crippen molar-refractivity contribution < 1.29 is 9.59 Å². The van der Waals surface area contributed by atoms with Crippen LogP contribution in [0.4, 0.5) is 0 Å². The number of carbonyl (C=O) groups excluding carboxylic acids is 2. The van der Waals surface area contributed by atoms with Crippen LogP contribution in [0.15, 0.2) is 18.5 Å². The highest BCUT2D eigenvalue weighted by molar-refractivity contribution is 5.84. The van der Waals surface area contributed by atoms with Crippen molar-refractivity contribution in [2.45, 2.75) is 38.3 Å². The Kier molecular flexibility index (Phi) is 4.74. The SMILES string of the molecule is O=C(Cn1cccn1)N1CC(C(=O)N2CCCN(C3CCC3)CC2)C1. The molecular formula is C18H27N5O2. The Morgan fingerprint density at radius 2 is 1.84 bits per heavy atom. The first-order valence-corrected chi connectivity index (χ1v) is 9.49. The third-order valence-corrected chi connectivity index (χ3v) is 5.87. The van der Waals surface area contributed by atoms with Gasteiger partial charge in [0.05, 0.1) is 5.92 Å². The number of nitrogens with zero attached hydrogens (tertiary/aromatic N) is 5. The zero-order valence-corrected chi connectivity index (χ0v) is 14.7. The highest BCUT2D eigenvalue weighted by Crippen LogP contribution is 2.26. The van der Waals surface area contributed by atoms with Crippen molar-refractivity contribution in [3.8, 4) is 0 Å². The van der Waals surface area contributed by atoms with Crippen molar-refractivity contribution in [2.24, 2.45) is 5.92 Å². The van der Waals surface area contributed by atoms with Gasteiger partial charge in [-0.2, -0.15) is 5.10 Å². The van der Waals surface area contributed by atoms with Gasteiger partial charge in [0.15, 0.2) is 0 Å². The van der Waals surface area contributed by atoms with Crippen LogP contribution in [-0.2, 0) is 16.1 Å². The Bertz CT molecular complexity index is 607. The maximum absolute atomic E-state index is 12.7. The van der Waals surface area contributed by atoms with Crippen molar-refractivity contribution >= 4 is 11.8 Å². The number of carbonyl (C=O) groups is 2. The van der Waals surface area contributed by atoms with E-state index in [2.05, 4.69) is 10.00 Å². The largest absolute Gasteiger partial charge is 0.341 e. The van der Waals surface area contributed by atoms with E-state index >= 15 is 0 Å². The van der Waals surface area contributed by atoms with Crippen LogP contribution in [0.3, 0.4) is 0 Å². The minimum atomic E-state index is -0.0168. The minimum Gasteiger partial charge on any atom is -0.341 e. The van der Waals surface area contributed by atoms with Gasteiger partial charge in [-0.25, -0.2) is 0 Å². The fourth-order valence-electron chi connectivity index (χ4n) is 4.00. The van der Waals surface area contributed by atoms with Gasteiger partial charge in [-0.15, -0.1) is 0 Å². The highest BCUT2D eigenvalue weighted by Gasteiger charge is 2.38. The summed E-state index contributed by atoms with van der Waals surface area (Å²) in [7, 11) is 0. The Morgan fingerprint density at radius 3 is 2.52 bits per heavy atom. The van der Waals surface area contributed by atoms with Gasteiger partial charge < -0.3 is 9.80 Å². The van der Waals surface area contributed by atoms with E-state index in [1.165, 1.54) is 19.3 Å². The number of rotatable bonds is 4. The molecule has 0 spiro atoms. The summed E-state index contributed by atoms with van der Waals surface area (Å²) in [5.41, 5.74) is 0. The molecule has 2 saturated heterocycles. The first kappa shape index (κ1) is 16.6. The Morgan fingerprint density at radius 1 is 1.00 bits per heavy atom. The summed E-state index contributed by atoms with van der Waals surface area (Å²) in [5, 5.41) is 4.06. The second-order valence-corrected chi connectivity index (χ2v) is 7.50. The van der Waals surface area contributed by atoms with E-state index in [0.717, 1.165) is 38.6 Å². The molecule has 3 fully saturated rings. The molecule has 3 heterocycles. The molecular weight excluding hydrogens is 318 g/mol. The molecule has 2 amide bonds. The molecule has 25 heavy (non-hydrogen) atoms. The minimum absolute atomic E-state index is 0.0168. The quantitative estimate of drug-likeness (QED) is 0.794. The summed E-state index contributed by atoms with van der Waals surface area (Å²) in [6.45, 7) is 5.20. The Hall–Kier alpha value is -1.89. The molecule has 0 aromatic carbocycles. The molecule has 0 atom stereocenters. The highest BCUT2D eigenvalue weighted by atomic mass is 16.2. The van der Waals surface area contributed by atoms with E-state index in [-0.39, 0.29) is 24.3 Å². The summed E-state index contributed by atoms with van der Waals surface area (Å²) >= 11 is 0. The molecule has 0 N–H and O–H groups in total. The first-order chi connectivity index (χ1) is 12.2.